The summed E-state index contributed by atoms with van der Waals surface area (Å²) in [5.74, 6) is -4.58. The number of aliphatic carboxylic acids is 2. The molecule has 2 N–H and O–H groups in total. The Morgan fingerprint density at radius 2 is 1.53 bits per heavy atom. The maximum atomic E-state index is 11.8. The number of halogens is 7. The van der Waals surface area contributed by atoms with E-state index in [-0.39, 0.29) is 10.7 Å². The van der Waals surface area contributed by atoms with Crippen LogP contribution in [0.25, 0.3) is 0 Å². The third-order valence-electron chi connectivity index (χ3n) is 3.19. The van der Waals surface area contributed by atoms with Gasteiger partial charge in [0.25, 0.3) is 0 Å². The summed E-state index contributed by atoms with van der Waals surface area (Å²) in [5.41, 5.74) is 2.15. The quantitative estimate of drug-likeness (QED) is 0.439. The largest absolute Gasteiger partial charge is 0.490 e. The maximum Gasteiger partial charge on any atom is 0.490 e. The second-order valence-electron chi connectivity index (χ2n) is 5.62. The monoisotopic (exact) mass is 511 g/mol. The average Bonchev–Trinajstić information content (AvgIpc) is 2.60. The minimum absolute atomic E-state index is 0.125. The Kier molecular flexibility index (Phi) is 10.2. The summed E-state index contributed by atoms with van der Waals surface area (Å²) in [6, 6.07) is 0. The standard InChI is InChI=1S/C11H14BrN3O.2C2HF3O2/c1-7(12)11(16)15-4-3-10-9(6-15)5-13-8(2)14-10;2*3-2(4,5)1(6)7/h5,7H,3-4,6H2,1-2H3;2*(H,6,7). The first-order valence-corrected chi connectivity index (χ1v) is 8.72. The van der Waals surface area contributed by atoms with Gasteiger partial charge in [-0.25, -0.2) is 19.6 Å². The lowest BCUT2D eigenvalue weighted by Gasteiger charge is -2.29. The van der Waals surface area contributed by atoms with Crippen molar-refractivity contribution in [3.8, 4) is 0 Å². The molecule has 0 aliphatic carbocycles. The number of carbonyl (C=O) groups is 3. The molecule has 0 fully saturated rings. The van der Waals surface area contributed by atoms with E-state index in [1.54, 1.807) is 0 Å². The van der Waals surface area contributed by atoms with E-state index in [9.17, 15) is 31.1 Å². The number of carbonyl (C=O) groups excluding carboxylic acids is 1. The van der Waals surface area contributed by atoms with Gasteiger partial charge in [0.15, 0.2) is 0 Å². The van der Waals surface area contributed by atoms with Gasteiger partial charge >= 0.3 is 24.3 Å². The third-order valence-corrected chi connectivity index (χ3v) is 3.58. The van der Waals surface area contributed by atoms with Crippen molar-refractivity contribution in [2.45, 2.75) is 44.0 Å². The molecule has 0 aromatic carbocycles. The Labute approximate surface area is 174 Å². The number of aryl methyl sites for hydroxylation is 1. The summed E-state index contributed by atoms with van der Waals surface area (Å²) in [6.07, 6.45) is -7.51. The Balaban J connectivity index is 0.000000503. The van der Waals surface area contributed by atoms with Gasteiger partial charge in [0, 0.05) is 31.3 Å². The number of amides is 1. The van der Waals surface area contributed by atoms with Crippen molar-refractivity contribution in [1.29, 1.82) is 0 Å². The van der Waals surface area contributed by atoms with Gasteiger partial charge in [-0.1, -0.05) is 15.9 Å². The van der Waals surface area contributed by atoms with Gasteiger partial charge in [-0.2, -0.15) is 26.3 Å². The summed E-state index contributed by atoms with van der Waals surface area (Å²) in [7, 11) is 0. The molecule has 2 heterocycles. The van der Waals surface area contributed by atoms with Crippen molar-refractivity contribution in [3.05, 3.63) is 23.3 Å². The summed E-state index contributed by atoms with van der Waals surface area (Å²) in [6.45, 7) is 5.12. The maximum absolute atomic E-state index is 11.8. The summed E-state index contributed by atoms with van der Waals surface area (Å²) in [5, 5.41) is 14.2. The Morgan fingerprint density at radius 1 is 1.10 bits per heavy atom. The number of carboxylic acids is 2. The molecule has 0 saturated carbocycles. The van der Waals surface area contributed by atoms with Crippen LogP contribution in [0.4, 0.5) is 26.3 Å². The van der Waals surface area contributed by atoms with Crippen LogP contribution in [-0.2, 0) is 27.3 Å². The van der Waals surface area contributed by atoms with Gasteiger partial charge in [-0.3, -0.25) is 4.79 Å². The van der Waals surface area contributed by atoms with Crippen LogP contribution >= 0.6 is 15.9 Å². The zero-order valence-electron chi connectivity index (χ0n) is 15.4. The average molecular weight is 512 g/mol. The molecule has 1 aromatic heterocycles. The number of hydrogen-bond donors (Lipinski definition) is 2. The highest BCUT2D eigenvalue weighted by atomic mass is 79.9. The van der Waals surface area contributed by atoms with Crippen molar-refractivity contribution >= 4 is 33.8 Å². The van der Waals surface area contributed by atoms with Gasteiger partial charge in [0.1, 0.15) is 5.82 Å². The smallest absolute Gasteiger partial charge is 0.475 e. The fourth-order valence-electron chi connectivity index (χ4n) is 1.86. The van der Waals surface area contributed by atoms with Crippen molar-refractivity contribution in [3.63, 3.8) is 0 Å². The van der Waals surface area contributed by atoms with E-state index in [2.05, 4.69) is 25.9 Å². The molecule has 1 unspecified atom stereocenters. The van der Waals surface area contributed by atoms with E-state index in [4.69, 9.17) is 19.8 Å². The fourth-order valence-corrected chi connectivity index (χ4v) is 2.15. The van der Waals surface area contributed by atoms with Crippen LogP contribution in [0.2, 0.25) is 0 Å². The van der Waals surface area contributed by atoms with E-state index in [0.29, 0.717) is 6.54 Å². The predicted molar refractivity (Wildman–Crippen MR) is 91.7 cm³/mol. The molecule has 1 atom stereocenters. The van der Waals surface area contributed by atoms with E-state index in [0.717, 1.165) is 30.0 Å². The minimum atomic E-state index is -5.08. The Morgan fingerprint density at radius 3 is 1.90 bits per heavy atom. The van der Waals surface area contributed by atoms with Crippen molar-refractivity contribution in [2.24, 2.45) is 0 Å². The van der Waals surface area contributed by atoms with Gasteiger partial charge in [0.2, 0.25) is 5.91 Å². The van der Waals surface area contributed by atoms with Crippen LogP contribution in [-0.4, -0.2) is 66.7 Å². The highest BCUT2D eigenvalue weighted by Crippen LogP contribution is 2.18. The third kappa shape index (κ3) is 9.84. The SMILES string of the molecule is Cc1ncc2c(n1)CCN(C(=O)C(C)Br)C2.O=C(O)C(F)(F)F.O=C(O)C(F)(F)F. The first-order valence-electron chi connectivity index (χ1n) is 7.81. The highest BCUT2D eigenvalue weighted by molar-refractivity contribution is 9.10. The molecule has 1 amide bonds. The fraction of sp³-hybridized carbons (Fsp3) is 0.533. The van der Waals surface area contributed by atoms with E-state index < -0.39 is 24.3 Å². The Bertz CT molecular complexity index is 746. The van der Waals surface area contributed by atoms with Crippen LogP contribution in [0.1, 0.15) is 24.0 Å². The lowest BCUT2D eigenvalue weighted by atomic mass is 10.1. The first-order chi connectivity index (χ1) is 13.5. The second-order valence-corrected chi connectivity index (χ2v) is 6.99. The summed E-state index contributed by atoms with van der Waals surface area (Å²) < 4.78 is 63.5. The molecule has 30 heavy (non-hydrogen) atoms. The number of aromatic nitrogens is 2. The molecular formula is C15H16BrF6N3O5. The molecule has 170 valence electrons. The minimum Gasteiger partial charge on any atom is -0.475 e. The second kappa shape index (κ2) is 11.1. The lowest BCUT2D eigenvalue weighted by molar-refractivity contribution is -0.193. The van der Waals surface area contributed by atoms with Crippen molar-refractivity contribution < 1.29 is 50.9 Å². The molecule has 2 rings (SSSR count). The van der Waals surface area contributed by atoms with Crippen LogP contribution in [0.3, 0.4) is 0 Å². The van der Waals surface area contributed by atoms with Gasteiger partial charge in [0.05, 0.1) is 10.5 Å². The number of carboxylic acid groups (broad SMARTS) is 2. The van der Waals surface area contributed by atoms with Gasteiger partial charge in [-0.15, -0.1) is 0 Å². The number of rotatable bonds is 1. The topological polar surface area (TPSA) is 121 Å². The van der Waals surface area contributed by atoms with Crippen LogP contribution in [0, 0.1) is 6.92 Å². The predicted octanol–water partition coefficient (Wildman–Crippen LogP) is 2.72. The molecule has 8 nitrogen and oxygen atoms in total. The molecule has 0 saturated heterocycles. The number of alkyl halides is 7. The van der Waals surface area contributed by atoms with E-state index in [1.165, 1.54) is 0 Å². The summed E-state index contributed by atoms with van der Waals surface area (Å²) in [4.78, 5) is 39.9. The molecule has 0 spiro atoms. The lowest BCUT2D eigenvalue weighted by Crippen LogP contribution is -2.39. The zero-order valence-corrected chi connectivity index (χ0v) is 17.0. The summed E-state index contributed by atoms with van der Waals surface area (Å²) >= 11 is 3.30. The van der Waals surface area contributed by atoms with Crippen LogP contribution in [0.15, 0.2) is 6.20 Å². The van der Waals surface area contributed by atoms with Gasteiger partial charge < -0.3 is 15.1 Å². The molecule has 15 heteroatoms. The van der Waals surface area contributed by atoms with Crippen molar-refractivity contribution in [2.75, 3.05) is 6.54 Å². The Hall–Kier alpha value is -2.45. The van der Waals surface area contributed by atoms with E-state index in [1.807, 2.05) is 24.9 Å². The molecule has 0 bridgehead atoms. The van der Waals surface area contributed by atoms with Gasteiger partial charge in [-0.05, 0) is 13.8 Å². The molecular weight excluding hydrogens is 496 g/mol. The van der Waals surface area contributed by atoms with Crippen LogP contribution in [0.5, 0.6) is 0 Å². The molecule has 1 aromatic rings. The zero-order chi connectivity index (χ0) is 23.9. The molecule has 1 aliphatic heterocycles. The van der Waals surface area contributed by atoms with E-state index >= 15 is 0 Å². The normalized spacial score (nSPS) is 14.2. The number of fused-ring (bicyclic) bond motifs is 1. The number of nitrogens with zero attached hydrogens (tertiary/aromatic N) is 3. The van der Waals surface area contributed by atoms with Crippen LogP contribution < -0.4 is 0 Å². The number of hydrogen-bond acceptors (Lipinski definition) is 5. The first kappa shape index (κ1) is 27.5. The molecule has 0 radical (unpaired) electrons. The molecule has 1 aliphatic rings. The highest BCUT2D eigenvalue weighted by Gasteiger charge is 2.38. The van der Waals surface area contributed by atoms with Crippen molar-refractivity contribution in [1.82, 2.24) is 14.9 Å².